The Hall–Kier alpha value is -1.84. The standard InChI is InChI=1S/C17H24O.CF2O/c1-3-4-5-6-7-11-17(18)13-12-16-10-8-9-15(2)14-16;2-1(3)4/h3-4,8-10,14H,5-7,11-13H2,1-2H3;/b4-3+;. The predicted octanol–water partition coefficient (Wildman–Crippen LogP) is 5.68. The molecular formula is C18H24F2O2. The number of hydrogen-bond acceptors (Lipinski definition) is 2. The maximum Gasteiger partial charge on any atom is 0.483 e. The Balaban J connectivity index is 0.000000980. The largest absolute Gasteiger partial charge is 0.483 e. The summed E-state index contributed by atoms with van der Waals surface area (Å²) in [5, 5.41) is 0. The van der Waals surface area contributed by atoms with Gasteiger partial charge in [-0.25, -0.2) is 4.79 Å². The third-order valence-corrected chi connectivity index (χ3v) is 3.09. The summed E-state index contributed by atoms with van der Waals surface area (Å²) in [6.07, 6.45) is 6.96. The number of unbranched alkanes of at least 4 members (excludes halogenated alkanes) is 2. The summed E-state index contributed by atoms with van der Waals surface area (Å²) in [6, 6.07) is 8.42. The first-order chi connectivity index (χ1) is 10.5. The van der Waals surface area contributed by atoms with Crippen molar-refractivity contribution in [3.05, 3.63) is 47.5 Å². The van der Waals surface area contributed by atoms with E-state index in [-0.39, 0.29) is 0 Å². The number of ketones is 1. The van der Waals surface area contributed by atoms with Crippen LogP contribution in [0.25, 0.3) is 0 Å². The van der Waals surface area contributed by atoms with E-state index in [0.717, 1.165) is 32.1 Å². The van der Waals surface area contributed by atoms with Crippen molar-refractivity contribution in [2.45, 2.75) is 52.4 Å². The molecule has 1 rings (SSSR count). The molecule has 0 aliphatic carbocycles. The molecule has 0 fully saturated rings. The van der Waals surface area contributed by atoms with E-state index in [2.05, 4.69) is 43.3 Å². The molecule has 0 unspecified atom stereocenters. The predicted molar refractivity (Wildman–Crippen MR) is 85.4 cm³/mol. The molecule has 0 bridgehead atoms. The van der Waals surface area contributed by atoms with Crippen LogP contribution in [0.5, 0.6) is 0 Å². The molecule has 0 heterocycles. The summed E-state index contributed by atoms with van der Waals surface area (Å²) in [6.45, 7) is 4.12. The molecule has 0 radical (unpaired) electrons. The molecule has 0 atom stereocenters. The highest BCUT2D eigenvalue weighted by Crippen LogP contribution is 2.09. The number of carbonyl (C=O) groups excluding carboxylic acids is 2. The molecule has 0 spiro atoms. The van der Waals surface area contributed by atoms with Gasteiger partial charge in [-0.3, -0.25) is 4.79 Å². The molecule has 22 heavy (non-hydrogen) atoms. The van der Waals surface area contributed by atoms with Gasteiger partial charge < -0.3 is 0 Å². The minimum atomic E-state index is -2.83. The van der Waals surface area contributed by atoms with Crippen molar-refractivity contribution >= 4 is 12.1 Å². The van der Waals surface area contributed by atoms with Crippen LogP contribution in [0.2, 0.25) is 0 Å². The topological polar surface area (TPSA) is 34.1 Å². The minimum Gasteiger partial charge on any atom is -0.300 e. The lowest BCUT2D eigenvalue weighted by Gasteiger charge is -2.02. The molecule has 122 valence electrons. The van der Waals surface area contributed by atoms with Gasteiger partial charge in [-0.15, -0.1) is 8.78 Å². The number of aryl methyl sites for hydroxylation is 2. The Kier molecular flexibility index (Phi) is 11.8. The zero-order valence-electron chi connectivity index (χ0n) is 13.3. The molecule has 0 saturated carbocycles. The van der Waals surface area contributed by atoms with E-state index in [0.29, 0.717) is 12.2 Å². The van der Waals surface area contributed by atoms with Gasteiger partial charge >= 0.3 is 6.29 Å². The van der Waals surface area contributed by atoms with Crippen LogP contribution < -0.4 is 0 Å². The third-order valence-electron chi connectivity index (χ3n) is 3.09. The molecular weight excluding hydrogens is 286 g/mol. The molecule has 0 aliphatic heterocycles. The fourth-order valence-corrected chi connectivity index (χ4v) is 2.03. The number of rotatable bonds is 8. The Morgan fingerprint density at radius 1 is 1.14 bits per heavy atom. The van der Waals surface area contributed by atoms with Gasteiger partial charge in [0.05, 0.1) is 0 Å². The van der Waals surface area contributed by atoms with Crippen LogP contribution in [0.1, 0.15) is 50.2 Å². The van der Waals surface area contributed by atoms with Crippen molar-refractivity contribution in [2.75, 3.05) is 0 Å². The lowest BCUT2D eigenvalue weighted by Crippen LogP contribution is -2.00. The van der Waals surface area contributed by atoms with Crippen LogP contribution in [0.3, 0.4) is 0 Å². The molecule has 0 aliphatic rings. The first-order valence-electron chi connectivity index (χ1n) is 7.49. The molecule has 1 aromatic carbocycles. The van der Waals surface area contributed by atoms with Crippen molar-refractivity contribution in [3.63, 3.8) is 0 Å². The summed E-state index contributed by atoms with van der Waals surface area (Å²) >= 11 is 0. The van der Waals surface area contributed by atoms with Gasteiger partial charge in [0.2, 0.25) is 0 Å². The summed E-state index contributed by atoms with van der Waals surface area (Å²) in [4.78, 5) is 19.8. The summed E-state index contributed by atoms with van der Waals surface area (Å²) in [5.41, 5.74) is 2.54. The zero-order valence-corrected chi connectivity index (χ0v) is 13.3. The Bertz CT molecular complexity index is 478. The van der Waals surface area contributed by atoms with E-state index >= 15 is 0 Å². The summed E-state index contributed by atoms with van der Waals surface area (Å²) < 4.78 is 19.4. The average molecular weight is 310 g/mol. The van der Waals surface area contributed by atoms with E-state index in [1.165, 1.54) is 11.1 Å². The van der Waals surface area contributed by atoms with Gasteiger partial charge in [0, 0.05) is 12.8 Å². The maximum absolute atomic E-state index is 11.7. The van der Waals surface area contributed by atoms with E-state index in [9.17, 15) is 13.6 Å². The highest BCUT2D eigenvalue weighted by molar-refractivity contribution is 5.78. The maximum atomic E-state index is 11.7. The summed E-state index contributed by atoms with van der Waals surface area (Å²) in [7, 11) is 0. The second kappa shape index (κ2) is 12.9. The molecule has 0 aromatic heterocycles. The van der Waals surface area contributed by atoms with Crippen molar-refractivity contribution in [1.29, 1.82) is 0 Å². The number of allylic oxidation sites excluding steroid dienone is 2. The van der Waals surface area contributed by atoms with E-state index in [1.54, 1.807) is 0 Å². The second-order valence-corrected chi connectivity index (χ2v) is 5.07. The van der Waals surface area contributed by atoms with Crippen molar-refractivity contribution in [2.24, 2.45) is 0 Å². The first-order valence-corrected chi connectivity index (χ1v) is 7.49. The van der Waals surface area contributed by atoms with Crippen LogP contribution in [0.4, 0.5) is 13.6 Å². The molecule has 2 nitrogen and oxygen atoms in total. The van der Waals surface area contributed by atoms with E-state index in [4.69, 9.17) is 4.79 Å². The number of benzene rings is 1. The van der Waals surface area contributed by atoms with E-state index in [1.807, 2.05) is 6.92 Å². The highest BCUT2D eigenvalue weighted by atomic mass is 19.3. The zero-order chi connectivity index (χ0) is 16.8. The Morgan fingerprint density at radius 3 is 2.41 bits per heavy atom. The quantitative estimate of drug-likeness (QED) is 0.352. The van der Waals surface area contributed by atoms with Crippen LogP contribution in [-0.4, -0.2) is 12.1 Å². The van der Waals surface area contributed by atoms with Crippen LogP contribution in [-0.2, 0) is 11.2 Å². The monoisotopic (exact) mass is 310 g/mol. The molecule has 0 amide bonds. The fourth-order valence-electron chi connectivity index (χ4n) is 2.03. The SMILES string of the molecule is C/C=C/CCCCC(=O)CCc1cccc(C)c1.O=C(F)F. The van der Waals surface area contributed by atoms with Gasteiger partial charge in [0.1, 0.15) is 5.78 Å². The number of hydrogen-bond donors (Lipinski definition) is 0. The van der Waals surface area contributed by atoms with Gasteiger partial charge in [-0.05, 0) is 45.1 Å². The summed E-state index contributed by atoms with van der Waals surface area (Å²) in [5.74, 6) is 0.400. The number of carbonyl (C=O) groups is 2. The van der Waals surface area contributed by atoms with Crippen molar-refractivity contribution in [3.8, 4) is 0 Å². The van der Waals surface area contributed by atoms with Gasteiger partial charge in [-0.2, -0.15) is 0 Å². The van der Waals surface area contributed by atoms with Crippen LogP contribution >= 0.6 is 0 Å². The lowest BCUT2D eigenvalue weighted by molar-refractivity contribution is -0.119. The second-order valence-electron chi connectivity index (χ2n) is 5.07. The number of Topliss-reactive ketones (excluding diaryl/α,β-unsaturated/α-hetero) is 1. The van der Waals surface area contributed by atoms with Crippen LogP contribution in [0, 0.1) is 6.92 Å². The van der Waals surface area contributed by atoms with Gasteiger partial charge in [0.25, 0.3) is 0 Å². The van der Waals surface area contributed by atoms with Gasteiger partial charge in [-0.1, -0.05) is 42.0 Å². The van der Waals surface area contributed by atoms with Gasteiger partial charge in [0.15, 0.2) is 0 Å². The smallest absolute Gasteiger partial charge is 0.300 e. The minimum absolute atomic E-state index is 0.400. The van der Waals surface area contributed by atoms with Crippen LogP contribution in [0.15, 0.2) is 36.4 Å². The molecule has 0 saturated heterocycles. The highest BCUT2D eigenvalue weighted by Gasteiger charge is 2.02. The average Bonchev–Trinajstić information content (AvgIpc) is 2.44. The molecule has 1 aromatic rings. The first kappa shape index (κ1) is 20.2. The van der Waals surface area contributed by atoms with Crippen molar-refractivity contribution in [1.82, 2.24) is 0 Å². The third kappa shape index (κ3) is 13.2. The normalized spacial score (nSPS) is 10.2. The Morgan fingerprint density at radius 2 is 1.82 bits per heavy atom. The lowest BCUT2D eigenvalue weighted by atomic mass is 10.0. The van der Waals surface area contributed by atoms with E-state index < -0.39 is 6.29 Å². The van der Waals surface area contributed by atoms with Crippen molar-refractivity contribution < 1.29 is 18.4 Å². The molecule has 0 N–H and O–H groups in total. The Labute approximate surface area is 131 Å². The number of halogens is 2. The molecule has 4 heteroatoms. The fraction of sp³-hybridized carbons (Fsp3) is 0.444.